The number of aromatic nitrogens is 1. The van der Waals surface area contributed by atoms with Gasteiger partial charge in [-0.1, -0.05) is 0 Å². The molecule has 0 atom stereocenters. The second-order valence-electron chi connectivity index (χ2n) is 7.45. The van der Waals surface area contributed by atoms with Crippen LogP contribution in [0.25, 0.3) is 0 Å². The fraction of sp³-hybridized carbons (Fsp3) is 0.778. The smallest absolute Gasteiger partial charge is 0.0225 e. The van der Waals surface area contributed by atoms with Crippen molar-refractivity contribution >= 4 is 0 Å². The third kappa shape index (κ3) is 3.89. The van der Waals surface area contributed by atoms with Crippen LogP contribution < -0.4 is 5.32 Å². The summed E-state index contributed by atoms with van der Waals surface area (Å²) in [5, 5.41) is 3.78. The number of aryl methyl sites for hydroxylation is 1. The Balaban J connectivity index is 1.85. The Morgan fingerprint density at radius 2 is 1.81 bits per heavy atom. The molecule has 1 saturated heterocycles. The van der Waals surface area contributed by atoms with Crippen molar-refractivity contribution in [2.75, 3.05) is 13.1 Å². The van der Waals surface area contributed by atoms with Crippen LogP contribution in [0.5, 0.6) is 0 Å². The van der Waals surface area contributed by atoms with Gasteiger partial charge in [0.25, 0.3) is 0 Å². The largest absolute Gasteiger partial charge is 0.349 e. The fourth-order valence-electron chi connectivity index (χ4n) is 3.55. The molecule has 3 heteroatoms. The standard InChI is InChI=1S/C18H33N3/c1-7-21-14(2)12-16(15(21)3)13-19-17-8-10-20(11-9-17)18(4,5)6/h12,17,19H,7-11,13H2,1-6H3. The Morgan fingerprint density at radius 1 is 1.19 bits per heavy atom. The molecule has 0 aromatic carbocycles. The summed E-state index contributed by atoms with van der Waals surface area (Å²) in [5.74, 6) is 0. The summed E-state index contributed by atoms with van der Waals surface area (Å²) in [5.41, 5.74) is 4.59. The van der Waals surface area contributed by atoms with E-state index in [0.29, 0.717) is 11.6 Å². The molecule has 3 nitrogen and oxygen atoms in total. The minimum Gasteiger partial charge on any atom is -0.349 e. The molecule has 120 valence electrons. The van der Waals surface area contributed by atoms with Gasteiger partial charge in [-0.3, -0.25) is 4.90 Å². The Bertz CT molecular complexity index is 460. The molecule has 21 heavy (non-hydrogen) atoms. The van der Waals surface area contributed by atoms with Crippen molar-refractivity contribution in [1.82, 2.24) is 14.8 Å². The van der Waals surface area contributed by atoms with E-state index in [1.807, 2.05) is 0 Å². The average molecular weight is 291 g/mol. The Labute approximate surface area is 130 Å². The molecule has 0 unspecified atom stereocenters. The van der Waals surface area contributed by atoms with Crippen LogP contribution in [-0.4, -0.2) is 34.1 Å². The first-order valence-corrected chi connectivity index (χ1v) is 8.47. The lowest BCUT2D eigenvalue weighted by molar-refractivity contribution is 0.0960. The van der Waals surface area contributed by atoms with Crippen LogP contribution in [0.15, 0.2) is 6.07 Å². The summed E-state index contributed by atoms with van der Waals surface area (Å²) in [6.45, 7) is 18.2. The Morgan fingerprint density at radius 3 is 2.29 bits per heavy atom. The zero-order valence-corrected chi connectivity index (χ0v) is 14.8. The molecule has 0 amide bonds. The molecule has 1 aromatic heterocycles. The highest BCUT2D eigenvalue weighted by Gasteiger charge is 2.26. The fourth-order valence-corrected chi connectivity index (χ4v) is 3.55. The normalized spacial score (nSPS) is 18.4. The second-order valence-corrected chi connectivity index (χ2v) is 7.45. The van der Waals surface area contributed by atoms with Gasteiger partial charge in [-0.15, -0.1) is 0 Å². The van der Waals surface area contributed by atoms with Gasteiger partial charge in [-0.05, 0) is 66.0 Å². The van der Waals surface area contributed by atoms with E-state index in [2.05, 4.69) is 62.4 Å². The third-order valence-corrected chi connectivity index (χ3v) is 5.02. The minimum absolute atomic E-state index is 0.316. The zero-order valence-electron chi connectivity index (χ0n) is 14.8. The first kappa shape index (κ1) is 16.6. The second kappa shape index (κ2) is 6.53. The predicted molar refractivity (Wildman–Crippen MR) is 90.8 cm³/mol. The summed E-state index contributed by atoms with van der Waals surface area (Å²) >= 11 is 0. The minimum atomic E-state index is 0.316. The number of hydrogen-bond donors (Lipinski definition) is 1. The van der Waals surface area contributed by atoms with E-state index in [0.717, 1.165) is 13.1 Å². The van der Waals surface area contributed by atoms with Gasteiger partial charge in [0.05, 0.1) is 0 Å². The van der Waals surface area contributed by atoms with Crippen molar-refractivity contribution in [3.8, 4) is 0 Å². The molecular weight excluding hydrogens is 258 g/mol. The highest BCUT2D eigenvalue weighted by atomic mass is 15.2. The van der Waals surface area contributed by atoms with Gasteiger partial charge in [0.2, 0.25) is 0 Å². The van der Waals surface area contributed by atoms with Gasteiger partial charge < -0.3 is 9.88 Å². The number of rotatable bonds is 4. The molecule has 2 heterocycles. The van der Waals surface area contributed by atoms with E-state index in [1.54, 1.807) is 0 Å². The van der Waals surface area contributed by atoms with Crippen LogP contribution in [0.2, 0.25) is 0 Å². The van der Waals surface area contributed by atoms with E-state index in [-0.39, 0.29) is 0 Å². The summed E-state index contributed by atoms with van der Waals surface area (Å²) in [6, 6.07) is 3.02. The number of piperidine rings is 1. The van der Waals surface area contributed by atoms with Gasteiger partial charge in [-0.2, -0.15) is 0 Å². The molecule has 1 aliphatic heterocycles. The molecule has 0 spiro atoms. The van der Waals surface area contributed by atoms with E-state index < -0.39 is 0 Å². The SMILES string of the molecule is CCn1c(C)cc(CNC2CCN(C(C)(C)C)CC2)c1C. The van der Waals surface area contributed by atoms with Gasteiger partial charge in [-0.25, -0.2) is 0 Å². The molecule has 0 radical (unpaired) electrons. The number of nitrogens with one attached hydrogen (secondary N) is 1. The highest BCUT2D eigenvalue weighted by molar-refractivity contribution is 5.26. The first-order valence-electron chi connectivity index (χ1n) is 8.47. The van der Waals surface area contributed by atoms with Crippen LogP contribution in [0.3, 0.4) is 0 Å². The van der Waals surface area contributed by atoms with E-state index in [9.17, 15) is 0 Å². The lowest BCUT2D eigenvalue weighted by atomic mass is 9.98. The topological polar surface area (TPSA) is 20.2 Å². The summed E-state index contributed by atoms with van der Waals surface area (Å²) in [4.78, 5) is 2.61. The summed E-state index contributed by atoms with van der Waals surface area (Å²) in [7, 11) is 0. The molecule has 0 bridgehead atoms. The van der Waals surface area contributed by atoms with Crippen LogP contribution in [0, 0.1) is 13.8 Å². The lowest BCUT2D eigenvalue weighted by Crippen LogP contribution is -2.49. The van der Waals surface area contributed by atoms with Crippen molar-refractivity contribution in [3.63, 3.8) is 0 Å². The van der Waals surface area contributed by atoms with Crippen LogP contribution in [0.4, 0.5) is 0 Å². The van der Waals surface area contributed by atoms with Gasteiger partial charge in [0, 0.05) is 49.1 Å². The molecule has 2 rings (SSSR count). The predicted octanol–water partition coefficient (Wildman–Crippen LogP) is 3.48. The van der Waals surface area contributed by atoms with Crippen molar-refractivity contribution in [3.05, 3.63) is 23.0 Å². The Hall–Kier alpha value is -0.800. The number of likely N-dealkylation sites (tertiary alicyclic amines) is 1. The molecule has 1 aliphatic rings. The van der Waals surface area contributed by atoms with E-state index in [4.69, 9.17) is 0 Å². The van der Waals surface area contributed by atoms with Crippen LogP contribution in [0.1, 0.15) is 57.5 Å². The molecule has 0 saturated carbocycles. The lowest BCUT2D eigenvalue weighted by Gasteiger charge is -2.41. The van der Waals surface area contributed by atoms with Crippen molar-refractivity contribution in [1.29, 1.82) is 0 Å². The van der Waals surface area contributed by atoms with Crippen molar-refractivity contribution in [2.45, 2.75) is 79.1 Å². The maximum atomic E-state index is 3.78. The molecule has 0 aliphatic carbocycles. The van der Waals surface area contributed by atoms with Crippen molar-refractivity contribution < 1.29 is 0 Å². The number of nitrogens with zero attached hydrogens (tertiary/aromatic N) is 2. The maximum Gasteiger partial charge on any atom is 0.0225 e. The molecule has 1 aromatic rings. The average Bonchev–Trinajstić information content (AvgIpc) is 2.70. The van der Waals surface area contributed by atoms with Crippen LogP contribution >= 0.6 is 0 Å². The zero-order chi connectivity index (χ0) is 15.6. The molecule has 1 N–H and O–H groups in total. The maximum absolute atomic E-state index is 3.78. The summed E-state index contributed by atoms with van der Waals surface area (Å²) < 4.78 is 2.40. The highest BCUT2D eigenvalue weighted by Crippen LogP contribution is 2.21. The van der Waals surface area contributed by atoms with Gasteiger partial charge in [0.1, 0.15) is 0 Å². The van der Waals surface area contributed by atoms with Gasteiger partial charge >= 0.3 is 0 Å². The third-order valence-electron chi connectivity index (χ3n) is 5.02. The number of hydrogen-bond acceptors (Lipinski definition) is 2. The quantitative estimate of drug-likeness (QED) is 0.916. The van der Waals surface area contributed by atoms with E-state index >= 15 is 0 Å². The molecule has 1 fully saturated rings. The molecular formula is C18H33N3. The summed E-state index contributed by atoms with van der Waals surface area (Å²) in [6.07, 6.45) is 2.54. The van der Waals surface area contributed by atoms with Crippen molar-refractivity contribution in [2.24, 2.45) is 0 Å². The Kier molecular flexibility index (Phi) is 5.15. The monoisotopic (exact) mass is 291 g/mol. The first-order chi connectivity index (χ1) is 9.82. The van der Waals surface area contributed by atoms with E-state index in [1.165, 1.54) is 42.9 Å². The van der Waals surface area contributed by atoms with Crippen LogP contribution in [-0.2, 0) is 13.1 Å². The van der Waals surface area contributed by atoms with Gasteiger partial charge in [0.15, 0.2) is 0 Å².